The van der Waals surface area contributed by atoms with E-state index in [1.165, 1.54) is 27.5 Å². The Morgan fingerprint density at radius 3 is 2.57 bits per heavy atom. The van der Waals surface area contributed by atoms with Gasteiger partial charge < -0.3 is 0 Å². The molecule has 106 valence electrons. The molecule has 1 aromatic heterocycles. The standard InChI is InChI=1S/C20H21N/c1-4-15-6-5-7-18(10-15)20-12-17-9-8-16(14(2)3)11-19(17)13-21-20/h5-14H,4H2,1-3H3. The molecule has 1 heteroatoms. The molecule has 0 saturated carbocycles. The fourth-order valence-electron chi connectivity index (χ4n) is 2.63. The van der Waals surface area contributed by atoms with Crippen LogP contribution >= 0.6 is 0 Å². The first kappa shape index (κ1) is 13.8. The quantitative estimate of drug-likeness (QED) is 0.607. The SMILES string of the molecule is CCc1cccc(-c2cc3ccc(C(C)C)cc3cn2)c1. The maximum Gasteiger partial charge on any atom is 0.0708 e. The summed E-state index contributed by atoms with van der Waals surface area (Å²) in [6.45, 7) is 6.62. The zero-order valence-corrected chi connectivity index (χ0v) is 12.9. The van der Waals surface area contributed by atoms with Crippen LogP contribution in [-0.4, -0.2) is 4.98 Å². The first-order valence-electron chi connectivity index (χ1n) is 7.66. The summed E-state index contributed by atoms with van der Waals surface area (Å²) in [6, 6.07) is 17.5. The van der Waals surface area contributed by atoms with Crippen LogP contribution in [0.5, 0.6) is 0 Å². The van der Waals surface area contributed by atoms with Crippen molar-refractivity contribution in [3.8, 4) is 11.3 Å². The van der Waals surface area contributed by atoms with Gasteiger partial charge in [-0.15, -0.1) is 0 Å². The van der Waals surface area contributed by atoms with Crippen molar-refractivity contribution < 1.29 is 0 Å². The van der Waals surface area contributed by atoms with E-state index < -0.39 is 0 Å². The number of nitrogens with zero attached hydrogens (tertiary/aromatic N) is 1. The van der Waals surface area contributed by atoms with Crippen LogP contribution < -0.4 is 0 Å². The summed E-state index contributed by atoms with van der Waals surface area (Å²) < 4.78 is 0. The molecule has 0 unspecified atom stereocenters. The zero-order valence-electron chi connectivity index (χ0n) is 12.9. The molecule has 0 fully saturated rings. The van der Waals surface area contributed by atoms with Gasteiger partial charge in [-0.1, -0.05) is 51.1 Å². The van der Waals surface area contributed by atoms with Crippen LogP contribution in [0.15, 0.2) is 54.7 Å². The van der Waals surface area contributed by atoms with Crippen molar-refractivity contribution in [2.24, 2.45) is 0 Å². The molecular formula is C20H21N. The minimum Gasteiger partial charge on any atom is -0.256 e. The molecule has 1 heterocycles. The summed E-state index contributed by atoms with van der Waals surface area (Å²) >= 11 is 0. The van der Waals surface area contributed by atoms with Crippen molar-refractivity contribution in [1.82, 2.24) is 4.98 Å². The van der Waals surface area contributed by atoms with Crippen LogP contribution in [0.1, 0.15) is 37.8 Å². The van der Waals surface area contributed by atoms with Crippen LogP contribution in [0, 0.1) is 0 Å². The lowest BCUT2D eigenvalue weighted by Gasteiger charge is -2.08. The molecule has 0 aliphatic rings. The zero-order chi connectivity index (χ0) is 14.8. The number of hydrogen-bond donors (Lipinski definition) is 0. The Labute approximate surface area is 126 Å². The first-order chi connectivity index (χ1) is 10.2. The van der Waals surface area contributed by atoms with Gasteiger partial charge >= 0.3 is 0 Å². The van der Waals surface area contributed by atoms with Gasteiger partial charge in [-0.2, -0.15) is 0 Å². The topological polar surface area (TPSA) is 12.9 Å². The van der Waals surface area contributed by atoms with E-state index in [0.717, 1.165) is 12.1 Å². The van der Waals surface area contributed by atoms with Gasteiger partial charge in [0, 0.05) is 17.1 Å². The van der Waals surface area contributed by atoms with Crippen molar-refractivity contribution in [3.05, 3.63) is 65.9 Å². The molecule has 1 nitrogen and oxygen atoms in total. The smallest absolute Gasteiger partial charge is 0.0708 e. The summed E-state index contributed by atoms with van der Waals surface area (Å²) in [7, 11) is 0. The second-order valence-corrected chi connectivity index (χ2v) is 5.88. The highest BCUT2D eigenvalue weighted by Crippen LogP contribution is 2.25. The third-order valence-electron chi connectivity index (χ3n) is 4.04. The average molecular weight is 275 g/mol. The number of aryl methyl sites for hydroxylation is 1. The number of fused-ring (bicyclic) bond motifs is 1. The first-order valence-corrected chi connectivity index (χ1v) is 7.66. The average Bonchev–Trinajstić information content (AvgIpc) is 2.53. The van der Waals surface area contributed by atoms with Crippen LogP contribution in [0.4, 0.5) is 0 Å². The summed E-state index contributed by atoms with van der Waals surface area (Å²) in [5, 5.41) is 2.47. The minimum absolute atomic E-state index is 0.551. The molecule has 3 rings (SSSR count). The molecule has 0 bridgehead atoms. The summed E-state index contributed by atoms with van der Waals surface area (Å²) in [6.07, 6.45) is 3.05. The van der Waals surface area contributed by atoms with Gasteiger partial charge in [0.05, 0.1) is 5.69 Å². The van der Waals surface area contributed by atoms with Gasteiger partial charge in [-0.3, -0.25) is 4.98 Å². The van der Waals surface area contributed by atoms with Crippen molar-refractivity contribution in [2.75, 3.05) is 0 Å². The Bertz CT molecular complexity index is 772. The lowest BCUT2D eigenvalue weighted by Crippen LogP contribution is -1.89. The van der Waals surface area contributed by atoms with E-state index >= 15 is 0 Å². The molecule has 0 aliphatic heterocycles. The minimum atomic E-state index is 0.551. The molecule has 2 aromatic carbocycles. The van der Waals surface area contributed by atoms with Crippen molar-refractivity contribution in [1.29, 1.82) is 0 Å². The molecule has 21 heavy (non-hydrogen) atoms. The Kier molecular flexibility index (Phi) is 3.74. The van der Waals surface area contributed by atoms with Gasteiger partial charge in [-0.25, -0.2) is 0 Å². The Balaban J connectivity index is 2.06. The third-order valence-corrected chi connectivity index (χ3v) is 4.04. The van der Waals surface area contributed by atoms with E-state index in [1.54, 1.807) is 0 Å². The highest BCUT2D eigenvalue weighted by molar-refractivity contribution is 5.85. The number of pyridine rings is 1. The van der Waals surface area contributed by atoms with E-state index in [9.17, 15) is 0 Å². The predicted octanol–water partition coefficient (Wildman–Crippen LogP) is 5.59. The van der Waals surface area contributed by atoms with Crippen molar-refractivity contribution in [3.63, 3.8) is 0 Å². The van der Waals surface area contributed by atoms with E-state index in [0.29, 0.717) is 5.92 Å². The fraction of sp³-hybridized carbons (Fsp3) is 0.250. The molecule has 0 aliphatic carbocycles. The number of hydrogen-bond acceptors (Lipinski definition) is 1. The summed E-state index contributed by atoms with van der Waals surface area (Å²) in [5.74, 6) is 0.551. The molecule has 0 N–H and O–H groups in total. The van der Waals surface area contributed by atoms with E-state index in [-0.39, 0.29) is 0 Å². The van der Waals surface area contributed by atoms with Crippen molar-refractivity contribution in [2.45, 2.75) is 33.1 Å². The Hall–Kier alpha value is -2.15. The molecular weight excluding hydrogens is 254 g/mol. The van der Waals surface area contributed by atoms with E-state index in [2.05, 4.69) is 74.3 Å². The maximum absolute atomic E-state index is 4.65. The predicted molar refractivity (Wildman–Crippen MR) is 90.6 cm³/mol. The second-order valence-electron chi connectivity index (χ2n) is 5.88. The summed E-state index contributed by atoms with van der Waals surface area (Å²) in [4.78, 5) is 4.65. The molecule has 0 saturated heterocycles. The van der Waals surface area contributed by atoms with Gasteiger partial charge in [0.25, 0.3) is 0 Å². The maximum atomic E-state index is 4.65. The largest absolute Gasteiger partial charge is 0.256 e. The van der Waals surface area contributed by atoms with Gasteiger partial charge in [0.2, 0.25) is 0 Å². The van der Waals surface area contributed by atoms with Gasteiger partial charge in [-0.05, 0) is 47.1 Å². The number of aromatic nitrogens is 1. The van der Waals surface area contributed by atoms with Gasteiger partial charge in [0.1, 0.15) is 0 Å². The fourth-order valence-corrected chi connectivity index (χ4v) is 2.63. The highest BCUT2D eigenvalue weighted by atomic mass is 14.7. The monoisotopic (exact) mass is 275 g/mol. The van der Waals surface area contributed by atoms with Gasteiger partial charge in [0.15, 0.2) is 0 Å². The number of rotatable bonds is 3. The Morgan fingerprint density at radius 1 is 0.952 bits per heavy atom. The van der Waals surface area contributed by atoms with Crippen LogP contribution in [0.2, 0.25) is 0 Å². The molecule has 3 aromatic rings. The lowest BCUT2D eigenvalue weighted by atomic mass is 9.99. The molecule has 0 spiro atoms. The highest BCUT2D eigenvalue weighted by Gasteiger charge is 2.04. The van der Waals surface area contributed by atoms with Crippen LogP contribution in [0.25, 0.3) is 22.0 Å². The van der Waals surface area contributed by atoms with Crippen LogP contribution in [-0.2, 0) is 6.42 Å². The normalized spacial score (nSPS) is 11.2. The molecule has 0 radical (unpaired) electrons. The second kappa shape index (κ2) is 5.69. The molecule has 0 amide bonds. The van der Waals surface area contributed by atoms with Crippen molar-refractivity contribution >= 4 is 10.8 Å². The number of benzene rings is 2. The summed E-state index contributed by atoms with van der Waals surface area (Å²) in [5.41, 5.74) is 4.97. The lowest BCUT2D eigenvalue weighted by molar-refractivity contribution is 0.868. The Morgan fingerprint density at radius 2 is 1.81 bits per heavy atom. The molecule has 0 atom stereocenters. The third kappa shape index (κ3) is 2.82. The van der Waals surface area contributed by atoms with E-state index in [4.69, 9.17) is 0 Å². The van der Waals surface area contributed by atoms with Crippen LogP contribution in [0.3, 0.4) is 0 Å². The van der Waals surface area contributed by atoms with E-state index in [1.807, 2.05) is 6.20 Å².